The molecule has 0 spiro atoms. The lowest BCUT2D eigenvalue weighted by atomic mass is 9.83. The molecule has 1 atom stereocenters. The first kappa shape index (κ1) is 18.1. The summed E-state index contributed by atoms with van der Waals surface area (Å²) in [6.07, 6.45) is -0.777. The van der Waals surface area contributed by atoms with E-state index < -0.39 is 17.6 Å². The summed E-state index contributed by atoms with van der Waals surface area (Å²) in [6, 6.07) is 17.8. The van der Waals surface area contributed by atoms with E-state index in [0.717, 1.165) is 5.56 Å². The molecule has 0 fully saturated rings. The Kier molecular flexibility index (Phi) is 5.09. The monoisotopic (exact) mass is 358 g/mol. The van der Waals surface area contributed by atoms with Gasteiger partial charge in [-0.1, -0.05) is 72.8 Å². The molecule has 1 unspecified atom stereocenters. The van der Waals surface area contributed by atoms with E-state index in [1.807, 2.05) is 6.07 Å². The first-order valence-electron chi connectivity index (χ1n) is 8.14. The molecule has 2 aromatic carbocycles. The molecule has 0 amide bonds. The number of ketones is 1. The Morgan fingerprint density at radius 1 is 1.00 bits per heavy atom. The zero-order valence-electron chi connectivity index (χ0n) is 13.9. The van der Waals surface area contributed by atoms with Gasteiger partial charge in [-0.3, -0.25) is 4.79 Å². The van der Waals surface area contributed by atoms with Crippen molar-refractivity contribution in [1.82, 2.24) is 0 Å². The van der Waals surface area contributed by atoms with E-state index in [1.54, 1.807) is 60.7 Å². The second-order valence-electron chi connectivity index (χ2n) is 6.08. The molecule has 0 saturated carbocycles. The van der Waals surface area contributed by atoms with Gasteiger partial charge in [0.15, 0.2) is 5.60 Å². The highest BCUT2D eigenvalue weighted by molar-refractivity contribution is 5.96. The van der Waals surface area contributed by atoms with Gasteiger partial charge in [0.25, 0.3) is 5.78 Å². The summed E-state index contributed by atoms with van der Waals surface area (Å²) < 4.78 is 45.4. The van der Waals surface area contributed by atoms with Crippen LogP contribution in [0.5, 0.6) is 0 Å². The molecule has 2 aromatic rings. The standard InChI is InChI=1S/C21H17F3O2/c22-21(23,24)19(25)20(26-15-16-8-3-1-4-9-16)13-7-12-18(14-20)17-10-5-2-6-11-17/h1-13H,14-15H2. The van der Waals surface area contributed by atoms with Crippen molar-refractivity contribution < 1.29 is 22.7 Å². The lowest BCUT2D eigenvalue weighted by Crippen LogP contribution is -2.48. The van der Waals surface area contributed by atoms with Gasteiger partial charge in [0, 0.05) is 6.42 Å². The SMILES string of the molecule is O=C(C(F)(F)F)C1(OCc2ccccc2)C=CC=C(c2ccccc2)C1. The Balaban J connectivity index is 1.91. The van der Waals surface area contributed by atoms with E-state index in [2.05, 4.69) is 0 Å². The van der Waals surface area contributed by atoms with Gasteiger partial charge >= 0.3 is 6.18 Å². The highest BCUT2D eigenvalue weighted by Crippen LogP contribution is 2.38. The Morgan fingerprint density at radius 2 is 1.62 bits per heavy atom. The van der Waals surface area contributed by atoms with Crippen LogP contribution in [-0.4, -0.2) is 17.6 Å². The highest BCUT2D eigenvalue weighted by Gasteiger charge is 2.53. The molecular weight excluding hydrogens is 341 g/mol. The molecular formula is C21H17F3O2. The average molecular weight is 358 g/mol. The minimum Gasteiger partial charge on any atom is -0.358 e. The van der Waals surface area contributed by atoms with E-state index in [0.29, 0.717) is 11.1 Å². The van der Waals surface area contributed by atoms with Gasteiger partial charge < -0.3 is 4.74 Å². The number of rotatable bonds is 5. The predicted molar refractivity (Wildman–Crippen MR) is 93.2 cm³/mol. The summed E-state index contributed by atoms with van der Waals surface area (Å²) in [6.45, 7) is -0.0882. The molecule has 5 heteroatoms. The summed E-state index contributed by atoms with van der Waals surface area (Å²) in [4.78, 5) is 12.2. The van der Waals surface area contributed by atoms with Crippen molar-refractivity contribution in [3.63, 3.8) is 0 Å². The largest absolute Gasteiger partial charge is 0.453 e. The molecule has 1 aliphatic rings. The number of hydrogen-bond donors (Lipinski definition) is 0. The lowest BCUT2D eigenvalue weighted by molar-refractivity contribution is -0.191. The molecule has 0 heterocycles. The smallest absolute Gasteiger partial charge is 0.358 e. The van der Waals surface area contributed by atoms with Crippen LogP contribution in [0.4, 0.5) is 13.2 Å². The molecule has 2 nitrogen and oxygen atoms in total. The van der Waals surface area contributed by atoms with Crippen LogP contribution in [0, 0.1) is 0 Å². The minimum atomic E-state index is -4.99. The first-order chi connectivity index (χ1) is 12.4. The van der Waals surface area contributed by atoms with Crippen molar-refractivity contribution >= 4 is 11.4 Å². The zero-order valence-corrected chi connectivity index (χ0v) is 13.9. The number of carbonyl (C=O) groups excluding carboxylic acids is 1. The third-order valence-corrected chi connectivity index (χ3v) is 4.24. The van der Waals surface area contributed by atoms with Gasteiger partial charge in [0.1, 0.15) is 0 Å². The summed E-state index contributed by atoms with van der Waals surface area (Å²) in [5.74, 6) is -1.89. The van der Waals surface area contributed by atoms with E-state index in [1.165, 1.54) is 12.2 Å². The molecule has 3 rings (SSSR count). The topological polar surface area (TPSA) is 26.3 Å². The summed E-state index contributed by atoms with van der Waals surface area (Å²) in [7, 11) is 0. The number of halogens is 3. The number of Topliss-reactive ketones (excluding diaryl/α,β-unsaturated/α-hetero) is 1. The fourth-order valence-corrected chi connectivity index (χ4v) is 2.92. The molecule has 0 bridgehead atoms. The van der Waals surface area contributed by atoms with Crippen LogP contribution in [0.15, 0.2) is 78.9 Å². The van der Waals surface area contributed by atoms with Crippen molar-refractivity contribution in [2.24, 2.45) is 0 Å². The van der Waals surface area contributed by atoms with Crippen molar-refractivity contribution in [3.8, 4) is 0 Å². The number of alkyl halides is 3. The van der Waals surface area contributed by atoms with E-state index >= 15 is 0 Å². The summed E-state index contributed by atoms with van der Waals surface area (Å²) >= 11 is 0. The highest BCUT2D eigenvalue weighted by atomic mass is 19.4. The van der Waals surface area contributed by atoms with Crippen LogP contribution in [0.1, 0.15) is 17.5 Å². The van der Waals surface area contributed by atoms with Gasteiger partial charge in [-0.05, 0) is 22.8 Å². The maximum atomic E-state index is 13.3. The third-order valence-electron chi connectivity index (χ3n) is 4.24. The molecule has 1 aliphatic carbocycles. The molecule has 0 N–H and O–H groups in total. The van der Waals surface area contributed by atoms with E-state index in [4.69, 9.17) is 4.74 Å². The Hall–Kier alpha value is -2.66. The Bertz CT molecular complexity index is 823. The van der Waals surface area contributed by atoms with Crippen LogP contribution < -0.4 is 0 Å². The number of carbonyl (C=O) groups is 1. The predicted octanol–water partition coefficient (Wildman–Crippen LogP) is 5.12. The van der Waals surface area contributed by atoms with Gasteiger partial charge in [0.05, 0.1) is 6.61 Å². The molecule has 0 saturated heterocycles. The minimum absolute atomic E-state index is 0.0882. The summed E-state index contributed by atoms with van der Waals surface area (Å²) in [5.41, 5.74) is 0.0259. The Morgan fingerprint density at radius 3 is 2.23 bits per heavy atom. The fraction of sp³-hybridized carbons (Fsp3) is 0.190. The second-order valence-corrected chi connectivity index (χ2v) is 6.08. The van der Waals surface area contributed by atoms with Gasteiger partial charge in [-0.15, -0.1) is 0 Å². The molecule has 0 aromatic heterocycles. The molecule has 0 radical (unpaired) electrons. The zero-order chi connectivity index (χ0) is 18.6. The number of allylic oxidation sites excluding steroid dienone is 2. The van der Waals surface area contributed by atoms with Crippen molar-refractivity contribution in [2.75, 3.05) is 0 Å². The van der Waals surface area contributed by atoms with Crippen molar-refractivity contribution in [2.45, 2.75) is 24.8 Å². The van der Waals surface area contributed by atoms with E-state index in [9.17, 15) is 18.0 Å². The molecule has 134 valence electrons. The number of hydrogen-bond acceptors (Lipinski definition) is 2. The maximum absolute atomic E-state index is 13.3. The van der Waals surface area contributed by atoms with Crippen molar-refractivity contribution in [3.05, 3.63) is 90.0 Å². The van der Waals surface area contributed by atoms with Crippen molar-refractivity contribution in [1.29, 1.82) is 0 Å². The number of benzene rings is 2. The van der Waals surface area contributed by atoms with Crippen LogP contribution in [0.3, 0.4) is 0 Å². The first-order valence-corrected chi connectivity index (χ1v) is 8.14. The third kappa shape index (κ3) is 3.94. The van der Waals surface area contributed by atoms with Gasteiger partial charge in [0.2, 0.25) is 0 Å². The second kappa shape index (κ2) is 7.30. The van der Waals surface area contributed by atoms with Crippen LogP contribution in [-0.2, 0) is 16.1 Å². The maximum Gasteiger partial charge on any atom is 0.453 e. The molecule has 26 heavy (non-hydrogen) atoms. The quantitative estimate of drug-likeness (QED) is 0.742. The Labute approximate surface area is 149 Å². The van der Waals surface area contributed by atoms with Gasteiger partial charge in [-0.2, -0.15) is 13.2 Å². The van der Waals surface area contributed by atoms with Crippen LogP contribution in [0.25, 0.3) is 5.57 Å². The van der Waals surface area contributed by atoms with E-state index in [-0.39, 0.29) is 13.0 Å². The number of ether oxygens (including phenoxy) is 1. The average Bonchev–Trinajstić information content (AvgIpc) is 2.67. The van der Waals surface area contributed by atoms with Gasteiger partial charge in [-0.25, -0.2) is 0 Å². The lowest BCUT2D eigenvalue weighted by Gasteiger charge is -2.33. The normalized spacial score (nSPS) is 19.9. The van der Waals surface area contributed by atoms with Crippen LogP contribution in [0.2, 0.25) is 0 Å². The molecule has 0 aliphatic heterocycles. The summed E-state index contributed by atoms with van der Waals surface area (Å²) in [5, 5.41) is 0. The van der Waals surface area contributed by atoms with Crippen LogP contribution >= 0.6 is 0 Å². The fourth-order valence-electron chi connectivity index (χ4n) is 2.92.